The minimum atomic E-state index is 0.750. The molecule has 1 aliphatic heterocycles. The molecule has 1 fully saturated rings. The minimum Gasteiger partial charge on any atom is -0.362 e. The molecule has 1 N–H and O–H groups in total. The number of pyridine rings is 1. The third-order valence-corrected chi connectivity index (χ3v) is 5.18. The molecule has 5 nitrogen and oxygen atoms in total. The smallest absolute Gasteiger partial charge is 0.193 e. The lowest BCUT2D eigenvalue weighted by atomic mass is 9.87. The zero-order valence-electron chi connectivity index (χ0n) is 15.9. The molecule has 24 heavy (non-hydrogen) atoms. The Morgan fingerprint density at radius 1 is 1.42 bits per heavy atom. The van der Waals surface area contributed by atoms with Gasteiger partial charge in [-0.25, -0.2) is 4.98 Å². The van der Waals surface area contributed by atoms with Crippen LogP contribution in [0.2, 0.25) is 0 Å². The Balaban J connectivity index is 1.97. The molecule has 0 bridgehead atoms. The van der Waals surface area contributed by atoms with Crippen LogP contribution in [0.4, 0.5) is 5.82 Å². The van der Waals surface area contributed by atoms with Gasteiger partial charge in [0.2, 0.25) is 0 Å². The molecule has 2 heterocycles. The highest BCUT2D eigenvalue weighted by atomic mass is 15.3. The molecule has 0 aromatic carbocycles. The zero-order chi connectivity index (χ0) is 17.5. The highest BCUT2D eigenvalue weighted by Gasteiger charge is 2.29. The molecule has 2 rings (SSSR count). The van der Waals surface area contributed by atoms with E-state index in [1.165, 1.54) is 24.8 Å². The number of rotatable bonds is 6. The molecule has 0 radical (unpaired) electrons. The third-order valence-electron chi connectivity index (χ3n) is 5.18. The molecular weight excluding hydrogens is 298 g/mol. The van der Waals surface area contributed by atoms with E-state index in [0.29, 0.717) is 0 Å². The second-order valence-electron chi connectivity index (χ2n) is 6.85. The van der Waals surface area contributed by atoms with Crippen LogP contribution < -0.4 is 10.2 Å². The average molecular weight is 332 g/mol. The molecule has 1 unspecified atom stereocenters. The van der Waals surface area contributed by atoms with Crippen LogP contribution in [0, 0.1) is 11.8 Å². The van der Waals surface area contributed by atoms with Gasteiger partial charge in [-0.15, -0.1) is 0 Å². The Labute approximate surface area is 147 Å². The van der Waals surface area contributed by atoms with Crippen LogP contribution in [-0.2, 0) is 6.54 Å². The van der Waals surface area contributed by atoms with Crippen molar-refractivity contribution in [1.29, 1.82) is 0 Å². The van der Waals surface area contributed by atoms with Crippen molar-refractivity contribution in [2.24, 2.45) is 16.8 Å². The van der Waals surface area contributed by atoms with Crippen molar-refractivity contribution >= 4 is 11.8 Å². The van der Waals surface area contributed by atoms with Crippen molar-refractivity contribution in [2.45, 2.75) is 39.7 Å². The van der Waals surface area contributed by atoms with E-state index in [4.69, 9.17) is 0 Å². The number of nitrogens with one attached hydrogen (secondary N) is 1. The monoisotopic (exact) mass is 331 g/mol. The number of guanidine groups is 1. The summed E-state index contributed by atoms with van der Waals surface area (Å²) in [6.45, 7) is 7.61. The fourth-order valence-electron chi connectivity index (χ4n) is 3.80. The summed E-state index contributed by atoms with van der Waals surface area (Å²) in [6, 6.07) is 4.12. The molecule has 1 saturated heterocycles. The van der Waals surface area contributed by atoms with E-state index < -0.39 is 0 Å². The largest absolute Gasteiger partial charge is 0.362 e. The average Bonchev–Trinajstić information content (AvgIpc) is 3.06. The second-order valence-corrected chi connectivity index (χ2v) is 6.85. The van der Waals surface area contributed by atoms with Crippen LogP contribution in [0.15, 0.2) is 23.3 Å². The number of hydrogen-bond donors (Lipinski definition) is 1. The van der Waals surface area contributed by atoms with Crippen LogP contribution in [0.1, 0.15) is 38.7 Å². The van der Waals surface area contributed by atoms with Gasteiger partial charge in [0.25, 0.3) is 0 Å². The Morgan fingerprint density at radius 3 is 2.79 bits per heavy atom. The lowest BCUT2D eigenvalue weighted by Crippen LogP contribution is -2.40. The SMILES string of the molecule is CCC(CC)C1CCN(C(=NC)NCc2cccnc2N(C)C)C1. The van der Waals surface area contributed by atoms with Crippen LogP contribution in [0.5, 0.6) is 0 Å². The summed E-state index contributed by atoms with van der Waals surface area (Å²) in [5, 5.41) is 3.53. The van der Waals surface area contributed by atoms with Crippen LogP contribution in [0.25, 0.3) is 0 Å². The van der Waals surface area contributed by atoms with E-state index >= 15 is 0 Å². The normalized spacial score (nSPS) is 18.3. The van der Waals surface area contributed by atoms with Gasteiger partial charge in [-0.2, -0.15) is 0 Å². The fraction of sp³-hybridized carbons (Fsp3) is 0.684. The summed E-state index contributed by atoms with van der Waals surface area (Å²) >= 11 is 0. The first-order valence-corrected chi connectivity index (χ1v) is 9.17. The summed E-state index contributed by atoms with van der Waals surface area (Å²) in [4.78, 5) is 13.4. The molecule has 1 aromatic heterocycles. The standard InChI is InChI=1S/C19H33N5/c1-6-15(7-2)17-10-12-24(14-17)19(20-3)22-13-16-9-8-11-21-18(16)23(4)5/h8-9,11,15,17H,6-7,10,12-14H2,1-5H3,(H,20,22). The Bertz CT molecular complexity index is 536. The molecule has 5 heteroatoms. The molecule has 0 amide bonds. The van der Waals surface area contributed by atoms with E-state index in [0.717, 1.165) is 43.2 Å². The van der Waals surface area contributed by atoms with Crippen molar-refractivity contribution in [3.63, 3.8) is 0 Å². The van der Waals surface area contributed by atoms with Crippen molar-refractivity contribution in [1.82, 2.24) is 15.2 Å². The Morgan fingerprint density at radius 2 is 2.17 bits per heavy atom. The minimum absolute atomic E-state index is 0.750. The van der Waals surface area contributed by atoms with Gasteiger partial charge in [0.05, 0.1) is 0 Å². The highest BCUT2D eigenvalue weighted by molar-refractivity contribution is 5.80. The van der Waals surface area contributed by atoms with Gasteiger partial charge in [-0.3, -0.25) is 4.99 Å². The van der Waals surface area contributed by atoms with Crippen molar-refractivity contribution < 1.29 is 0 Å². The summed E-state index contributed by atoms with van der Waals surface area (Å²) in [7, 11) is 5.94. The Hall–Kier alpha value is -1.78. The first kappa shape index (κ1) is 18.6. The molecule has 0 aliphatic carbocycles. The van der Waals surface area contributed by atoms with Gasteiger partial charge in [-0.05, 0) is 24.3 Å². The summed E-state index contributed by atoms with van der Waals surface area (Å²) in [5.41, 5.74) is 1.19. The highest BCUT2D eigenvalue weighted by Crippen LogP contribution is 2.28. The molecule has 134 valence electrons. The molecular formula is C19H33N5. The van der Waals surface area contributed by atoms with Crippen molar-refractivity contribution in [3.05, 3.63) is 23.9 Å². The summed E-state index contributed by atoms with van der Waals surface area (Å²) < 4.78 is 0. The Kier molecular flexibility index (Phi) is 6.88. The van der Waals surface area contributed by atoms with Gasteiger partial charge < -0.3 is 15.1 Å². The number of hydrogen-bond acceptors (Lipinski definition) is 3. The van der Waals surface area contributed by atoms with Crippen molar-refractivity contribution in [3.8, 4) is 0 Å². The first-order chi connectivity index (χ1) is 11.6. The van der Waals surface area contributed by atoms with Gasteiger partial charge in [0.1, 0.15) is 5.82 Å². The van der Waals surface area contributed by atoms with Crippen LogP contribution in [-0.4, -0.2) is 50.1 Å². The maximum Gasteiger partial charge on any atom is 0.193 e. The molecule has 1 aliphatic rings. The number of anilines is 1. The van der Waals surface area contributed by atoms with Crippen molar-refractivity contribution in [2.75, 3.05) is 39.1 Å². The molecule has 1 aromatic rings. The van der Waals surface area contributed by atoms with Gasteiger partial charge in [0.15, 0.2) is 5.96 Å². The van der Waals surface area contributed by atoms with Gasteiger partial charge in [-0.1, -0.05) is 32.8 Å². The molecule has 1 atom stereocenters. The topological polar surface area (TPSA) is 43.8 Å². The van der Waals surface area contributed by atoms with Gasteiger partial charge >= 0.3 is 0 Å². The molecule has 0 saturated carbocycles. The zero-order valence-corrected chi connectivity index (χ0v) is 15.9. The maximum atomic E-state index is 4.50. The van der Waals surface area contributed by atoms with E-state index in [1.54, 1.807) is 0 Å². The van der Waals surface area contributed by atoms with E-state index in [9.17, 15) is 0 Å². The second kappa shape index (κ2) is 8.90. The van der Waals surface area contributed by atoms with Gasteiger partial charge in [0, 0.05) is 52.5 Å². The quantitative estimate of drug-likeness (QED) is 0.643. The first-order valence-electron chi connectivity index (χ1n) is 9.17. The van der Waals surface area contributed by atoms with E-state index in [-0.39, 0.29) is 0 Å². The van der Waals surface area contributed by atoms with Crippen LogP contribution in [0.3, 0.4) is 0 Å². The fourth-order valence-corrected chi connectivity index (χ4v) is 3.80. The van der Waals surface area contributed by atoms with Crippen LogP contribution >= 0.6 is 0 Å². The predicted molar refractivity (Wildman–Crippen MR) is 103 cm³/mol. The molecule has 0 spiro atoms. The maximum absolute atomic E-state index is 4.50. The van der Waals surface area contributed by atoms with E-state index in [2.05, 4.69) is 45.0 Å². The number of likely N-dealkylation sites (tertiary alicyclic amines) is 1. The summed E-state index contributed by atoms with van der Waals surface area (Å²) in [6.07, 6.45) is 5.68. The van der Waals surface area contributed by atoms with E-state index in [1.807, 2.05) is 33.4 Å². The lowest BCUT2D eigenvalue weighted by Gasteiger charge is -2.25. The number of nitrogens with zero attached hydrogens (tertiary/aromatic N) is 4. The third kappa shape index (κ3) is 4.40. The predicted octanol–water partition coefficient (Wildman–Crippen LogP) is 2.98. The summed E-state index contributed by atoms with van der Waals surface area (Å²) in [5.74, 6) is 3.66. The number of aromatic nitrogens is 1. The lowest BCUT2D eigenvalue weighted by molar-refractivity contribution is 0.319. The number of aliphatic imine (C=N–C) groups is 1.